The van der Waals surface area contributed by atoms with Crippen molar-refractivity contribution in [3.05, 3.63) is 35.8 Å². The summed E-state index contributed by atoms with van der Waals surface area (Å²) in [5.74, 6) is -2.56. The van der Waals surface area contributed by atoms with Crippen LogP contribution in [0.25, 0.3) is 0 Å². The molecule has 0 aromatic carbocycles. The van der Waals surface area contributed by atoms with Crippen molar-refractivity contribution >= 4 is 17.9 Å². The maximum absolute atomic E-state index is 13.3. The van der Waals surface area contributed by atoms with E-state index in [4.69, 9.17) is 13.9 Å². The van der Waals surface area contributed by atoms with Gasteiger partial charge in [-0.3, -0.25) is 9.59 Å². The number of methoxy groups -OCH3 is 1. The predicted octanol–water partition coefficient (Wildman–Crippen LogP) is 3.26. The average molecular weight is 388 g/mol. The number of hydrogen-bond donors (Lipinski definition) is 1. The number of ether oxygens (including phenoxy) is 2. The summed E-state index contributed by atoms with van der Waals surface area (Å²) < 4.78 is 16.0. The summed E-state index contributed by atoms with van der Waals surface area (Å²) in [6, 6.07) is 1.77. The van der Waals surface area contributed by atoms with Crippen molar-refractivity contribution in [2.24, 2.45) is 22.7 Å². The first kappa shape index (κ1) is 18.8. The largest absolute Gasteiger partial charge is 0.478 e. The molecule has 5 unspecified atom stereocenters. The Morgan fingerprint density at radius 1 is 1.32 bits per heavy atom. The summed E-state index contributed by atoms with van der Waals surface area (Å²) in [6.07, 6.45) is 6.60. The maximum Gasteiger partial charge on any atom is 0.332 e. The highest BCUT2D eigenvalue weighted by Crippen LogP contribution is 2.66. The maximum atomic E-state index is 13.3. The number of hydrogen-bond acceptors (Lipinski definition) is 6. The molecule has 1 N–H and O–H groups in total. The third-order valence-corrected chi connectivity index (χ3v) is 7.20. The molecule has 1 aromatic rings. The number of esters is 2. The summed E-state index contributed by atoms with van der Waals surface area (Å²) in [5, 5.41) is 9.85. The van der Waals surface area contributed by atoms with Crippen molar-refractivity contribution < 1.29 is 33.4 Å². The van der Waals surface area contributed by atoms with Crippen LogP contribution in [-0.2, 0) is 23.9 Å². The van der Waals surface area contributed by atoms with Crippen LogP contribution in [0, 0.1) is 22.7 Å². The standard InChI is InChI=1S/C21H24O7/c1-12-6-8-20(18(24)26-2)14(17(22)23)4-3-5-16(20)21(12)10-15(28-19(21)25)13-7-9-27-11-13/h4,7,9,11-12,15-16H,3,5-6,8,10H2,1-2H3,(H,22,23). The smallest absolute Gasteiger partial charge is 0.332 e. The van der Waals surface area contributed by atoms with Gasteiger partial charge in [0.05, 0.1) is 30.6 Å². The number of fused-ring (bicyclic) bond motifs is 2. The van der Waals surface area contributed by atoms with Gasteiger partial charge in [0.2, 0.25) is 0 Å². The molecule has 150 valence electrons. The SMILES string of the molecule is COC(=O)C12CCC(C)C3(CC(c4ccoc4)OC3=O)C1CCC=C2C(=O)O. The molecular formula is C21H24O7. The van der Waals surface area contributed by atoms with Crippen LogP contribution >= 0.6 is 0 Å². The number of aliphatic carboxylic acids is 1. The molecule has 1 aromatic heterocycles. The minimum absolute atomic E-state index is 0.0344. The lowest BCUT2D eigenvalue weighted by molar-refractivity contribution is -0.176. The minimum atomic E-state index is -1.32. The number of cyclic esters (lactones) is 1. The highest BCUT2D eigenvalue weighted by molar-refractivity contribution is 5.98. The molecular weight excluding hydrogens is 364 g/mol. The Hall–Kier alpha value is -2.57. The summed E-state index contributed by atoms with van der Waals surface area (Å²) in [5.41, 5.74) is -1.42. The third-order valence-electron chi connectivity index (χ3n) is 7.20. The Morgan fingerprint density at radius 3 is 2.75 bits per heavy atom. The summed E-state index contributed by atoms with van der Waals surface area (Å²) in [4.78, 5) is 38.3. The van der Waals surface area contributed by atoms with E-state index in [1.807, 2.05) is 6.92 Å². The van der Waals surface area contributed by atoms with E-state index in [2.05, 4.69) is 0 Å². The first-order valence-electron chi connectivity index (χ1n) is 9.63. The first-order chi connectivity index (χ1) is 13.4. The molecule has 28 heavy (non-hydrogen) atoms. The van der Waals surface area contributed by atoms with Crippen LogP contribution in [0.3, 0.4) is 0 Å². The fourth-order valence-corrected chi connectivity index (χ4v) is 5.88. The molecule has 3 aliphatic rings. The van der Waals surface area contributed by atoms with Crippen molar-refractivity contribution in [3.8, 4) is 0 Å². The fraction of sp³-hybridized carbons (Fsp3) is 0.571. The second-order valence-corrected chi connectivity index (χ2v) is 8.15. The first-order valence-corrected chi connectivity index (χ1v) is 9.63. The molecule has 2 aliphatic carbocycles. The number of furan rings is 1. The third kappa shape index (κ3) is 2.31. The summed E-state index contributed by atoms with van der Waals surface area (Å²) >= 11 is 0. The Labute approximate surface area is 162 Å². The lowest BCUT2D eigenvalue weighted by Crippen LogP contribution is -2.58. The molecule has 0 radical (unpaired) electrons. The number of allylic oxidation sites excluding steroid dienone is 1. The molecule has 7 nitrogen and oxygen atoms in total. The van der Waals surface area contributed by atoms with Crippen LogP contribution in [0.15, 0.2) is 34.7 Å². The number of carboxylic acids is 1. The topological polar surface area (TPSA) is 103 Å². The number of carboxylic acid groups (broad SMARTS) is 1. The zero-order chi connectivity index (χ0) is 20.1. The van der Waals surface area contributed by atoms with Crippen LogP contribution < -0.4 is 0 Å². The number of carbonyl (C=O) groups is 3. The molecule has 2 heterocycles. The van der Waals surface area contributed by atoms with E-state index in [-0.39, 0.29) is 17.5 Å². The Morgan fingerprint density at radius 2 is 2.11 bits per heavy atom. The van der Waals surface area contributed by atoms with Crippen molar-refractivity contribution in [1.82, 2.24) is 0 Å². The fourth-order valence-electron chi connectivity index (χ4n) is 5.88. The minimum Gasteiger partial charge on any atom is -0.478 e. The Kier molecular flexibility index (Phi) is 4.36. The van der Waals surface area contributed by atoms with Gasteiger partial charge < -0.3 is 19.0 Å². The number of rotatable bonds is 3. The van der Waals surface area contributed by atoms with Gasteiger partial charge in [-0.2, -0.15) is 0 Å². The quantitative estimate of drug-likeness (QED) is 0.793. The molecule has 1 saturated heterocycles. The normalized spacial score (nSPS) is 37.1. The highest BCUT2D eigenvalue weighted by Gasteiger charge is 2.69. The van der Waals surface area contributed by atoms with Gasteiger partial charge in [-0.15, -0.1) is 0 Å². The van der Waals surface area contributed by atoms with Gasteiger partial charge >= 0.3 is 17.9 Å². The van der Waals surface area contributed by atoms with Crippen molar-refractivity contribution in [1.29, 1.82) is 0 Å². The van der Waals surface area contributed by atoms with Gasteiger partial charge in [0.15, 0.2) is 0 Å². The van der Waals surface area contributed by atoms with E-state index in [0.717, 1.165) is 5.56 Å². The molecule has 0 amide bonds. The van der Waals surface area contributed by atoms with Gasteiger partial charge in [0, 0.05) is 12.0 Å². The lowest BCUT2D eigenvalue weighted by atomic mass is 9.45. The van der Waals surface area contributed by atoms with Crippen LogP contribution in [0.4, 0.5) is 0 Å². The Bertz CT molecular complexity index is 839. The second kappa shape index (κ2) is 6.50. The van der Waals surface area contributed by atoms with Crippen molar-refractivity contribution in [3.63, 3.8) is 0 Å². The zero-order valence-corrected chi connectivity index (χ0v) is 16.0. The van der Waals surface area contributed by atoms with E-state index >= 15 is 0 Å². The van der Waals surface area contributed by atoms with E-state index in [0.29, 0.717) is 32.1 Å². The predicted molar refractivity (Wildman–Crippen MR) is 95.9 cm³/mol. The molecule has 7 heteroatoms. The molecule has 0 bridgehead atoms. The monoisotopic (exact) mass is 388 g/mol. The van der Waals surface area contributed by atoms with Crippen LogP contribution in [0.1, 0.15) is 50.7 Å². The molecule has 1 aliphatic heterocycles. The van der Waals surface area contributed by atoms with Gasteiger partial charge in [0.25, 0.3) is 0 Å². The molecule has 5 atom stereocenters. The van der Waals surface area contributed by atoms with Crippen LogP contribution in [0.2, 0.25) is 0 Å². The summed E-state index contributed by atoms with van der Waals surface area (Å²) in [6.45, 7) is 2.00. The number of carbonyl (C=O) groups excluding carboxylic acids is 2. The molecule has 1 saturated carbocycles. The zero-order valence-electron chi connectivity index (χ0n) is 16.0. The van der Waals surface area contributed by atoms with Crippen molar-refractivity contribution in [2.75, 3.05) is 7.11 Å². The molecule has 2 fully saturated rings. The van der Waals surface area contributed by atoms with E-state index in [9.17, 15) is 19.5 Å². The summed E-state index contributed by atoms with van der Waals surface area (Å²) in [7, 11) is 1.27. The van der Waals surface area contributed by atoms with Crippen LogP contribution in [-0.4, -0.2) is 30.1 Å². The molecule has 1 spiro atoms. The molecule has 4 rings (SSSR count). The van der Waals surface area contributed by atoms with Gasteiger partial charge in [-0.1, -0.05) is 13.0 Å². The van der Waals surface area contributed by atoms with E-state index in [1.165, 1.54) is 13.4 Å². The van der Waals surface area contributed by atoms with E-state index < -0.39 is 34.8 Å². The van der Waals surface area contributed by atoms with Gasteiger partial charge in [-0.25, -0.2) is 4.79 Å². The average Bonchev–Trinajstić information content (AvgIpc) is 3.32. The van der Waals surface area contributed by atoms with E-state index in [1.54, 1.807) is 18.4 Å². The van der Waals surface area contributed by atoms with Gasteiger partial charge in [0.1, 0.15) is 11.5 Å². The van der Waals surface area contributed by atoms with Crippen LogP contribution in [0.5, 0.6) is 0 Å². The second-order valence-electron chi connectivity index (χ2n) is 8.15. The van der Waals surface area contributed by atoms with Gasteiger partial charge in [-0.05, 0) is 43.6 Å². The highest BCUT2D eigenvalue weighted by atomic mass is 16.6. The Balaban J connectivity index is 1.84. The lowest BCUT2D eigenvalue weighted by Gasteiger charge is -2.54. The van der Waals surface area contributed by atoms with Crippen molar-refractivity contribution in [2.45, 2.75) is 45.1 Å².